The smallest absolute Gasteiger partial charge is 0.349 e. The van der Waals surface area contributed by atoms with Gasteiger partial charge in [0.1, 0.15) is 0 Å². The van der Waals surface area contributed by atoms with E-state index >= 15 is 0 Å². The van der Waals surface area contributed by atoms with Gasteiger partial charge in [-0.1, -0.05) is 30.3 Å². The third-order valence-corrected chi connectivity index (χ3v) is 2.50. The molecule has 0 bridgehead atoms. The number of carbonyl (C=O) groups is 2. The Hall–Kier alpha value is -1.98. The van der Waals surface area contributed by atoms with Crippen molar-refractivity contribution in [3.63, 3.8) is 0 Å². The van der Waals surface area contributed by atoms with E-state index in [4.69, 9.17) is 0 Å². The second-order valence-corrected chi connectivity index (χ2v) is 4.10. The maximum Gasteiger partial charge on any atom is 0.349 e. The Morgan fingerprint density at radius 2 is 1.89 bits per heavy atom. The van der Waals surface area contributed by atoms with Crippen molar-refractivity contribution in [2.24, 2.45) is 0 Å². The fraction of sp³-hybridized carbons (Fsp3) is 0.385. The average molecular weight is 271 g/mol. The van der Waals surface area contributed by atoms with Crippen LogP contribution in [0.1, 0.15) is 18.9 Å². The number of rotatable bonds is 5. The van der Waals surface area contributed by atoms with Gasteiger partial charge < -0.3 is 10.1 Å². The number of esters is 1. The summed E-state index contributed by atoms with van der Waals surface area (Å²) < 4.78 is 32.0. The first-order chi connectivity index (χ1) is 8.87. The lowest BCUT2D eigenvalue weighted by atomic mass is 10.1. The van der Waals surface area contributed by atoms with Gasteiger partial charge in [-0.05, 0) is 6.92 Å². The van der Waals surface area contributed by atoms with Crippen LogP contribution in [0.4, 0.5) is 8.78 Å². The minimum Gasteiger partial charge on any atom is -0.469 e. The van der Waals surface area contributed by atoms with Crippen LogP contribution < -0.4 is 5.32 Å². The molecule has 0 aliphatic rings. The van der Waals surface area contributed by atoms with Gasteiger partial charge in [0.15, 0.2) is 0 Å². The fourth-order valence-corrected chi connectivity index (χ4v) is 1.48. The van der Waals surface area contributed by atoms with Crippen LogP contribution in [-0.4, -0.2) is 25.0 Å². The highest BCUT2D eigenvalue weighted by atomic mass is 19.3. The number of amides is 1. The van der Waals surface area contributed by atoms with Crippen LogP contribution >= 0.6 is 0 Å². The molecule has 1 amide bonds. The molecule has 0 saturated carbocycles. The Balaban J connectivity index is 2.69. The molecule has 1 aromatic carbocycles. The van der Waals surface area contributed by atoms with Gasteiger partial charge in [0, 0.05) is 11.6 Å². The Bertz CT molecular complexity index is 448. The van der Waals surface area contributed by atoms with Crippen LogP contribution in [0.2, 0.25) is 0 Å². The van der Waals surface area contributed by atoms with Crippen molar-refractivity contribution in [2.75, 3.05) is 7.11 Å². The number of alkyl halides is 2. The van der Waals surface area contributed by atoms with E-state index in [2.05, 4.69) is 10.1 Å². The molecule has 1 aromatic rings. The van der Waals surface area contributed by atoms with E-state index in [1.807, 2.05) is 0 Å². The molecule has 0 aromatic heterocycles. The summed E-state index contributed by atoms with van der Waals surface area (Å²) in [5, 5.41) is 2.09. The zero-order chi connectivity index (χ0) is 14.5. The normalized spacial score (nSPS) is 12.6. The average Bonchev–Trinajstić information content (AvgIpc) is 2.39. The van der Waals surface area contributed by atoms with E-state index in [1.165, 1.54) is 38.3 Å². The molecule has 19 heavy (non-hydrogen) atoms. The van der Waals surface area contributed by atoms with Gasteiger partial charge in [-0.2, -0.15) is 8.78 Å². The Labute approximate surface area is 109 Å². The van der Waals surface area contributed by atoms with Crippen LogP contribution in [0.15, 0.2) is 30.3 Å². The van der Waals surface area contributed by atoms with Gasteiger partial charge in [0.2, 0.25) is 0 Å². The highest BCUT2D eigenvalue weighted by Crippen LogP contribution is 2.27. The van der Waals surface area contributed by atoms with E-state index in [-0.39, 0.29) is 6.42 Å². The van der Waals surface area contributed by atoms with Crippen LogP contribution in [0.5, 0.6) is 0 Å². The summed E-state index contributed by atoms with van der Waals surface area (Å²) >= 11 is 0. The number of ether oxygens (including phenoxy) is 1. The summed E-state index contributed by atoms with van der Waals surface area (Å²) in [5.41, 5.74) is -0.391. The lowest BCUT2D eigenvalue weighted by Crippen LogP contribution is -2.43. The van der Waals surface area contributed by atoms with Gasteiger partial charge in [-0.15, -0.1) is 0 Å². The SMILES string of the molecule is COC(=O)C[C@@H](C)NC(=O)C(F)(F)c1ccccc1. The molecule has 0 spiro atoms. The first kappa shape index (κ1) is 15.1. The molecular formula is C13H15F2NO3. The van der Waals surface area contributed by atoms with Crippen molar-refractivity contribution < 1.29 is 23.1 Å². The first-order valence-corrected chi connectivity index (χ1v) is 5.69. The minimum atomic E-state index is -3.63. The molecule has 0 heterocycles. The standard InChI is InChI=1S/C13H15F2NO3/c1-9(8-11(17)19-2)16-12(18)13(14,15)10-6-4-3-5-7-10/h3-7,9H,8H2,1-2H3,(H,16,18)/t9-/m1/s1. The molecule has 0 fully saturated rings. The highest BCUT2D eigenvalue weighted by Gasteiger charge is 2.41. The molecule has 1 N–H and O–H groups in total. The number of carbonyl (C=O) groups excluding carboxylic acids is 2. The summed E-state index contributed by atoms with van der Waals surface area (Å²) in [6.45, 7) is 1.45. The molecule has 4 nitrogen and oxygen atoms in total. The Morgan fingerprint density at radius 1 is 1.32 bits per heavy atom. The van der Waals surface area contributed by atoms with Crippen LogP contribution in [0, 0.1) is 0 Å². The summed E-state index contributed by atoms with van der Waals surface area (Å²) in [5.74, 6) is -5.64. The fourth-order valence-electron chi connectivity index (χ4n) is 1.48. The van der Waals surface area contributed by atoms with Crippen LogP contribution in [-0.2, 0) is 20.2 Å². The van der Waals surface area contributed by atoms with Crippen LogP contribution in [0.25, 0.3) is 0 Å². The Kier molecular flexibility index (Phi) is 4.97. The zero-order valence-corrected chi connectivity index (χ0v) is 10.7. The van der Waals surface area contributed by atoms with Gasteiger partial charge in [0.05, 0.1) is 13.5 Å². The van der Waals surface area contributed by atoms with E-state index in [9.17, 15) is 18.4 Å². The van der Waals surface area contributed by atoms with Crippen molar-refractivity contribution in [3.05, 3.63) is 35.9 Å². The van der Waals surface area contributed by atoms with Crippen LogP contribution in [0.3, 0.4) is 0 Å². The zero-order valence-electron chi connectivity index (χ0n) is 10.7. The summed E-state index contributed by atoms with van der Waals surface area (Å²) in [6.07, 6.45) is -0.160. The number of hydrogen-bond donors (Lipinski definition) is 1. The van der Waals surface area contributed by atoms with Crippen molar-refractivity contribution in [2.45, 2.75) is 25.3 Å². The molecule has 104 valence electrons. The Morgan fingerprint density at radius 3 is 2.42 bits per heavy atom. The lowest BCUT2D eigenvalue weighted by Gasteiger charge is -2.19. The van der Waals surface area contributed by atoms with Crippen molar-refractivity contribution in [3.8, 4) is 0 Å². The molecule has 1 atom stereocenters. The molecule has 0 aliphatic heterocycles. The molecule has 0 radical (unpaired) electrons. The van der Waals surface area contributed by atoms with E-state index in [0.717, 1.165) is 0 Å². The number of nitrogens with one attached hydrogen (secondary N) is 1. The maximum absolute atomic E-state index is 13.8. The molecule has 1 rings (SSSR count). The quantitative estimate of drug-likeness (QED) is 0.831. The van der Waals surface area contributed by atoms with Crippen molar-refractivity contribution in [1.82, 2.24) is 5.32 Å². The molecule has 6 heteroatoms. The largest absolute Gasteiger partial charge is 0.469 e. The van der Waals surface area contributed by atoms with Gasteiger partial charge in [-0.25, -0.2) is 0 Å². The number of hydrogen-bond acceptors (Lipinski definition) is 3. The number of methoxy groups -OCH3 is 1. The van der Waals surface area contributed by atoms with Crippen molar-refractivity contribution in [1.29, 1.82) is 0 Å². The number of halogens is 2. The third-order valence-electron chi connectivity index (χ3n) is 2.50. The first-order valence-electron chi connectivity index (χ1n) is 5.69. The maximum atomic E-state index is 13.8. The van der Waals surface area contributed by atoms with E-state index in [0.29, 0.717) is 0 Å². The monoisotopic (exact) mass is 271 g/mol. The van der Waals surface area contributed by atoms with E-state index < -0.39 is 29.4 Å². The predicted molar refractivity (Wildman–Crippen MR) is 64.6 cm³/mol. The second-order valence-electron chi connectivity index (χ2n) is 4.10. The van der Waals surface area contributed by atoms with Gasteiger partial charge in [0.25, 0.3) is 5.91 Å². The predicted octanol–water partition coefficient (Wildman–Crippen LogP) is 1.85. The summed E-state index contributed by atoms with van der Waals surface area (Å²) in [7, 11) is 1.19. The molecule has 0 aliphatic carbocycles. The van der Waals surface area contributed by atoms with Crippen molar-refractivity contribution >= 4 is 11.9 Å². The van der Waals surface area contributed by atoms with E-state index in [1.54, 1.807) is 6.07 Å². The number of benzene rings is 1. The van der Waals surface area contributed by atoms with Gasteiger partial charge in [-0.3, -0.25) is 9.59 Å². The molecule has 0 saturated heterocycles. The topological polar surface area (TPSA) is 55.4 Å². The second kappa shape index (κ2) is 6.26. The highest BCUT2D eigenvalue weighted by molar-refractivity contribution is 5.85. The van der Waals surface area contributed by atoms with Gasteiger partial charge >= 0.3 is 11.9 Å². The lowest BCUT2D eigenvalue weighted by molar-refractivity contribution is -0.148. The third kappa shape index (κ3) is 4.01. The molecule has 0 unspecified atom stereocenters. The summed E-state index contributed by atoms with van der Waals surface area (Å²) in [6, 6.07) is 6.05. The summed E-state index contributed by atoms with van der Waals surface area (Å²) in [4.78, 5) is 22.5. The molecular weight excluding hydrogens is 256 g/mol. The minimum absolute atomic E-state index is 0.160.